The minimum Gasteiger partial charge on any atom is -0.330 e. The lowest BCUT2D eigenvalue weighted by molar-refractivity contribution is 0.302. The van der Waals surface area contributed by atoms with Gasteiger partial charge in [-0.05, 0) is 18.4 Å². The lowest BCUT2D eigenvalue weighted by atomic mass is 9.69. The summed E-state index contributed by atoms with van der Waals surface area (Å²) in [5.41, 5.74) is 9.00. The molecule has 0 amide bonds. The van der Waals surface area contributed by atoms with Gasteiger partial charge >= 0.3 is 0 Å². The van der Waals surface area contributed by atoms with Gasteiger partial charge in [-0.25, -0.2) is 0 Å². The van der Waals surface area contributed by atoms with Crippen LogP contribution in [0.4, 0.5) is 0 Å². The van der Waals surface area contributed by atoms with Gasteiger partial charge in [0.25, 0.3) is 0 Å². The van der Waals surface area contributed by atoms with E-state index in [2.05, 4.69) is 23.3 Å². The van der Waals surface area contributed by atoms with Gasteiger partial charge in [-0.1, -0.05) is 37.5 Å². The molecule has 2 aromatic rings. The molecule has 1 aromatic heterocycles. The van der Waals surface area contributed by atoms with Crippen LogP contribution in [0.5, 0.6) is 0 Å². The van der Waals surface area contributed by atoms with Gasteiger partial charge in [-0.15, -0.1) is 0 Å². The van der Waals surface area contributed by atoms with Crippen molar-refractivity contribution in [2.75, 3.05) is 6.54 Å². The predicted octanol–water partition coefficient (Wildman–Crippen LogP) is 2.73. The summed E-state index contributed by atoms with van der Waals surface area (Å²) in [4.78, 5) is 0. The Labute approximate surface area is 108 Å². The number of hydrogen-bond acceptors (Lipinski definition) is 2. The Kier molecular flexibility index (Phi) is 2.86. The maximum Gasteiger partial charge on any atom is 0.0717 e. The van der Waals surface area contributed by atoms with Crippen LogP contribution in [0.25, 0.3) is 10.9 Å². The summed E-state index contributed by atoms with van der Waals surface area (Å²) in [7, 11) is 2.03. The smallest absolute Gasteiger partial charge is 0.0717 e. The van der Waals surface area contributed by atoms with E-state index in [1.165, 1.54) is 48.6 Å². The number of benzene rings is 1. The Balaban J connectivity index is 2.20. The SMILES string of the molecule is Cn1ncc2cccc(C3(CN)CCCCC3)c21. The molecule has 2 N–H and O–H groups in total. The van der Waals surface area contributed by atoms with Crippen molar-refractivity contribution in [1.82, 2.24) is 9.78 Å². The van der Waals surface area contributed by atoms with E-state index in [9.17, 15) is 0 Å². The molecule has 18 heavy (non-hydrogen) atoms. The molecule has 0 aliphatic heterocycles. The quantitative estimate of drug-likeness (QED) is 0.881. The van der Waals surface area contributed by atoms with Gasteiger partial charge in [-0.3, -0.25) is 4.68 Å². The topological polar surface area (TPSA) is 43.8 Å². The number of fused-ring (bicyclic) bond motifs is 1. The van der Waals surface area contributed by atoms with Gasteiger partial charge < -0.3 is 5.73 Å². The van der Waals surface area contributed by atoms with Crippen molar-refractivity contribution in [3.05, 3.63) is 30.0 Å². The van der Waals surface area contributed by atoms with E-state index in [1.54, 1.807) is 0 Å². The number of hydrogen-bond donors (Lipinski definition) is 1. The van der Waals surface area contributed by atoms with Crippen molar-refractivity contribution >= 4 is 10.9 Å². The molecule has 1 saturated carbocycles. The van der Waals surface area contributed by atoms with Crippen LogP contribution < -0.4 is 5.73 Å². The molecular weight excluding hydrogens is 222 g/mol. The van der Waals surface area contributed by atoms with Crippen LogP contribution in [0.15, 0.2) is 24.4 Å². The van der Waals surface area contributed by atoms with E-state index in [0.29, 0.717) is 0 Å². The van der Waals surface area contributed by atoms with Gasteiger partial charge in [-0.2, -0.15) is 5.10 Å². The van der Waals surface area contributed by atoms with E-state index in [1.807, 2.05) is 17.9 Å². The Morgan fingerprint density at radius 1 is 1.28 bits per heavy atom. The second kappa shape index (κ2) is 4.39. The average molecular weight is 243 g/mol. The molecule has 3 rings (SSSR count). The second-order valence-corrected chi connectivity index (χ2v) is 5.56. The fourth-order valence-corrected chi connectivity index (χ4v) is 3.47. The molecule has 0 saturated heterocycles. The monoisotopic (exact) mass is 243 g/mol. The van der Waals surface area contributed by atoms with Gasteiger partial charge in [0.1, 0.15) is 0 Å². The van der Waals surface area contributed by atoms with Crippen molar-refractivity contribution in [1.29, 1.82) is 0 Å². The van der Waals surface area contributed by atoms with Crippen molar-refractivity contribution in [2.24, 2.45) is 12.8 Å². The van der Waals surface area contributed by atoms with E-state index >= 15 is 0 Å². The molecule has 3 nitrogen and oxygen atoms in total. The number of nitrogens with two attached hydrogens (primary N) is 1. The molecule has 1 fully saturated rings. The Morgan fingerprint density at radius 2 is 2.06 bits per heavy atom. The fraction of sp³-hybridized carbons (Fsp3) is 0.533. The zero-order valence-electron chi connectivity index (χ0n) is 11.0. The molecule has 0 spiro atoms. The lowest BCUT2D eigenvalue weighted by Crippen LogP contribution is -2.37. The van der Waals surface area contributed by atoms with Crippen LogP contribution in [0.1, 0.15) is 37.7 Å². The molecule has 3 heteroatoms. The van der Waals surface area contributed by atoms with Crippen LogP contribution in [0.3, 0.4) is 0 Å². The summed E-state index contributed by atoms with van der Waals surface area (Å²) in [5, 5.41) is 5.62. The molecule has 0 bridgehead atoms. The zero-order chi connectivity index (χ0) is 12.6. The van der Waals surface area contributed by atoms with Gasteiger partial charge in [0.15, 0.2) is 0 Å². The lowest BCUT2D eigenvalue weighted by Gasteiger charge is -2.37. The van der Waals surface area contributed by atoms with Crippen molar-refractivity contribution in [3.63, 3.8) is 0 Å². The van der Waals surface area contributed by atoms with E-state index in [4.69, 9.17) is 5.73 Å². The van der Waals surface area contributed by atoms with Gasteiger partial charge in [0.05, 0.1) is 11.7 Å². The van der Waals surface area contributed by atoms with Gasteiger partial charge in [0, 0.05) is 24.4 Å². The molecule has 0 unspecified atom stereocenters. The fourth-order valence-electron chi connectivity index (χ4n) is 3.47. The largest absolute Gasteiger partial charge is 0.330 e. The number of para-hydroxylation sites is 1. The first-order chi connectivity index (χ1) is 8.77. The zero-order valence-corrected chi connectivity index (χ0v) is 11.0. The maximum atomic E-state index is 6.15. The van der Waals surface area contributed by atoms with Crippen LogP contribution >= 0.6 is 0 Å². The average Bonchev–Trinajstić information content (AvgIpc) is 2.81. The molecule has 0 atom stereocenters. The third-order valence-corrected chi connectivity index (χ3v) is 4.53. The number of nitrogens with zero attached hydrogens (tertiary/aromatic N) is 2. The van der Waals surface area contributed by atoms with Crippen molar-refractivity contribution in [3.8, 4) is 0 Å². The molecule has 1 aromatic carbocycles. The predicted molar refractivity (Wildman–Crippen MR) is 74.5 cm³/mol. The third-order valence-electron chi connectivity index (χ3n) is 4.53. The minimum atomic E-state index is 0.172. The molecule has 1 aliphatic carbocycles. The van der Waals surface area contributed by atoms with Crippen LogP contribution in [-0.2, 0) is 12.5 Å². The van der Waals surface area contributed by atoms with Crippen molar-refractivity contribution < 1.29 is 0 Å². The number of aryl methyl sites for hydroxylation is 1. The number of rotatable bonds is 2. The Bertz CT molecular complexity index is 550. The summed E-state index contributed by atoms with van der Waals surface area (Å²) >= 11 is 0. The second-order valence-electron chi connectivity index (χ2n) is 5.56. The number of aromatic nitrogens is 2. The first-order valence-corrected chi connectivity index (χ1v) is 6.88. The Hall–Kier alpha value is -1.35. The molecule has 1 heterocycles. The summed E-state index contributed by atoms with van der Waals surface area (Å²) < 4.78 is 2.00. The Morgan fingerprint density at radius 3 is 2.78 bits per heavy atom. The molecular formula is C15H21N3. The summed E-state index contributed by atoms with van der Waals surface area (Å²) in [6, 6.07) is 6.53. The summed E-state index contributed by atoms with van der Waals surface area (Å²) in [6.07, 6.45) is 8.33. The highest BCUT2D eigenvalue weighted by Crippen LogP contribution is 2.41. The van der Waals surface area contributed by atoms with Crippen LogP contribution in [0.2, 0.25) is 0 Å². The summed E-state index contributed by atoms with van der Waals surface area (Å²) in [6.45, 7) is 0.747. The van der Waals surface area contributed by atoms with E-state index in [-0.39, 0.29) is 5.41 Å². The van der Waals surface area contributed by atoms with Crippen molar-refractivity contribution in [2.45, 2.75) is 37.5 Å². The molecule has 1 aliphatic rings. The highest BCUT2D eigenvalue weighted by atomic mass is 15.2. The first kappa shape index (κ1) is 11.7. The first-order valence-electron chi connectivity index (χ1n) is 6.88. The van der Waals surface area contributed by atoms with E-state index in [0.717, 1.165) is 6.54 Å². The van der Waals surface area contributed by atoms with Crippen LogP contribution in [0, 0.1) is 0 Å². The van der Waals surface area contributed by atoms with E-state index < -0.39 is 0 Å². The highest BCUT2D eigenvalue weighted by molar-refractivity contribution is 5.83. The standard InChI is InChI=1S/C15H21N3/c1-18-14-12(10-17-18)6-5-7-13(14)15(11-16)8-3-2-4-9-15/h5-7,10H,2-4,8-9,11,16H2,1H3. The van der Waals surface area contributed by atoms with Crippen LogP contribution in [-0.4, -0.2) is 16.3 Å². The highest BCUT2D eigenvalue weighted by Gasteiger charge is 2.34. The third kappa shape index (κ3) is 1.65. The molecule has 96 valence electrons. The normalized spacial score (nSPS) is 19.2. The molecule has 0 radical (unpaired) electrons. The maximum absolute atomic E-state index is 6.15. The van der Waals surface area contributed by atoms with Gasteiger partial charge in [0.2, 0.25) is 0 Å². The summed E-state index contributed by atoms with van der Waals surface area (Å²) in [5.74, 6) is 0. The minimum absolute atomic E-state index is 0.172.